The second kappa shape index (κ2) is 4.78. The zero-order valence-corrected chi connectivity index (χ0v) is 9.81. The maximum absolute atomic E-state index is 10.7. The lowest BCUT2D eigenvalue weighted by molar-refractivity contribution is 0.112. The van der Waals surface area contributed by atoms with Gasteiger partial charge in [-0.05, 0) is 36.2 Å². The van der Waals surface area contributed by atoms with Crippen LogP contribution in [0.4, 0.5) is 0 Å². The number of methoxy groups -OCH3 is 1. The summed E-state index contributed by atoms with van der Waals surface area (Å²) in [6.45, 7) is 2.01. The highest BCUT2D eigenvalue weighted by Gasteiger charge is 2.04. The maximum Gasteiger partial charge on any atom is 0.151 e. The number of rotatable bonds is 3. The highest BCUT2D eigenvalue weighted by molar-refractivity contribution is 5.78. The third-order valence-corrected chi connectivity index (χ3v) is 2.64. The van der Waals surface area contributed by atoms with Crippen molar-refractivity contribution >= 4 is 6.29 Å². The second-order valence-electron chi connectivity index (χ2n) is 3.81. The van der Waals surface area contributed by atoms with Crippen LogP contribution >= 0.6 is 0 Å². The fourth-order valence-electron chi connectivity index (χ4n) is 1.76. The van der Waals surface area contributed by atoms with Crippen molar-refractivity contribution < 1.29 is 9.53 Å². The van der Waals surface area contributed by atoms with Crippen molar-refractivity contribution in [2.45, 2.75) is 6.92 Å². The summed E-state index contributed by atoms with van der Waals surface area (Å²) in [7, 11) is 1.64. The van der Waals surface area contributed by atoms with Gasteiger partial charge in [-0.15, -0.1) is 0 Å². The number of aryl methyl sites for hydroxylation is 1. The number of hydrogen-bond donors (Lipinski definition) is 0. The van der Waals surface area contributed by atoms with E-state index in [0.717, 1.165) is 28.7 Å². The Balaban J connectivity index is 2.48. The van der Waals surface area contributed by atoms with Crippen LogP contribution in [0.15, 0.2) is 36.7 Å². The first kappa shape index (κ1) is 11.3. The average molecular weight is 227 g/mol. The minimum atomic E-state index is 0.581. The van der Waals surface area contributed by atoms with Gasteiger partial charge in [0.05, 0.1) is 7.11 Å². The maximum atomic E-state index is 10.7. The molecule has 0 spiro atoms. The van der Waals surface area contributed by atoms with Gasteiger partial charge in [0.25, 0.3) is 0 Å². The molecule has 0 amide bonds. The minimum Gasteiger partial charge on any atom is -0.497 e. The molecule has 0 aliphatic carbocycles. The molecule has 1 aromatic heterocycles. The molecule has 2 rings (SSSR count). The molecule has 0 N–H and O–H groups in total. The zero-order chi connectivity index (χ0) is 12.3. The zero-order valence-electron chi connectivity index (χ0n) is 9.81. The summed E-state index contributed by atoms with van der Waals surface area (Å²) in [6.07, 6.45) is 4.10. The van der Waals surface area contributed by atoms with Gasteiger partial charge in [-0.3, -0.25) is 9.78 Å². The smallest absolute Gasteiger partial charge is 0.151 e. The largest absolute Gasteiger partial charge is 0.497 e. The molecule has 17 heavy (non-hydrogen) atoms. The van der Waals surface area contributed by atoms with Gasteiger partial charge in [0.2, 0.25) is 0 Å². The Morgan fingerprint density at radius 1 is 1.24 bits per heavy atom. The summed E-state index contributed by atoms with van der Waals surface area (Å²) in [5.41, 5.74) is 3.67. The Bertz CT molecular complexity index is 550. The molecule has 0 saturated carbocycles. The molecule has 2 aromatic rings. The monoisotopic (exact) mass is 227 g/mol. The number of hydrogen-bond acceptors (Lipinski definition) is 3. The number of carbonyl (C=O) groups is 1. The van der Waals surface area contributed by atoms with Gasteiger partial charge in [0, 0.05) is 23.5 Å². The van der Waals surface area contributed by atoms with Crippen LogP contribution in [0.25, 0.3) is 11.1 Å². The molecular weight excluding hydrogens is 214 g/mol. The van der Waals surface area contributed by atoms with E-state index in [9.17, 15) is 4.79 Å². The molecular formula is C14H13NO2. The number of benzene rings is 1. The van der Waals surface area contributed by atoms with E-state index in [4.69, 9.17) is 4.74 Å². The van der Waals surface area contributed by atoms with Crippen molar-refractivity contribution in [2.75, 3.05) is 7.11 Å². The summed E-state index contributed by atoms with van der Waals surface area (Å²) in [6, 6.07) is 7.66. The van der Waals surface area contributed by atoms with Crippen LogP contribution in [0.2, 0.25) is 0 Å². The quantitative estimate of drug-likeness (QED) is 0.757. The van der Waals surface area contributed by atoms with Crippen LogP contribution in [0.5, 0.6) is 5.75 Å². The van der Waals surface area contributed by atoms with Gasteiger partial charge in [0.15, 0.2) is 6.29 Å². The van der Waals surface area contributed by atoms with Crippen LogP contribution in [0.3, 0.4) is 0 Å². The van der Waals surface area contributed by atoms with Gasteiger partial charge in [-0.25, -0.2) is 0 Å². The Morgan fingerprint density at radius 3 is 2.71 bits per heavy atom. The van der Waals surface area contributed by atoms with Crippen LogP contribution in [-0.4, -0.2) is 18.4 Å². The molecule has 0 fully saturated rings. The predicted molar refractivity (Wildman–Crippen MR) is 66.3 cm³/mol. The van der Waals surface area contributed by atoms with E-state index in [1.54, 1.807) is 19.5 Å². The van der Waals surface area contributed by atoms with E-state index >= 15 is 0 Å². The minimum absolute atomic E-state index is 0.581. The molecule has 0 aliphatic rings. The van der Waals surface area contributed by atoms with E-state index in [1.807, 2.05) is 31.2 Å². The lowest BCUT2D eigenvalue weighted by Crippen LogP contribution is -1.89. The molecule has 86 valence electrons. The third kappa shape index (κ3) is 2.33. The number of carbonyl (C=O) groups excluding carboxylic acids is 1. The molecule has 0 unspecified atom stereocenters. The first-order chi connectivity index (χ1) is 8.24. The van der Waals surface area contributed by atoms with Crippen molar-refractivity contribution in [3.63, 3.8) is 0 Å². The van der Waals surface area contributed by atoms with Crippen molar-refractivity contribution in [1.29, 1.82) is 0 Å². The first-order valence-electron chi connectivity index (χ1n) is 5.30. The van der Waals surface area contributed by atoms with E-state index in [-0.39, 0.29) is 0 Å². The predicted octanol–water partition coefficient (Wildman–Crippen LogP) is 2.88. The fourth-order valence-corrected chi connectivity index (χ4v) is 1.76. The van der Waals surface area contributed by atoms with Crippen molar-refractivity contribution in [3.8, 4) is 16.9 Å². The number of aromatic nitrogens is 1. The fraction of sp³-hybridized carbons (Fsp3) is 0.143. The van der Waals surface area contributed by atoms with E-state index in [1.165, 1.54) is 0 Å². The third-order valence-electron chi connectivity index (χ3n) is 2.64. The second-order valence-corrected chi connectivity index (χ2v) is 3.81. The summed E-state index contributed by atoms with van der Waals surface area (Å²) < 4.78 is 5.16. The lowest BCUT2D eigenvalue weighted by Gasteiger charge is -2.08. The Hall–Kier alpha value is -2.16. The van der Waals surface area contributed by atoms with Crippen molar-refractivity contribution in [3.05, 3.63) is 47.8 Å². The molecule has 3 heteroatoms. The van der Waals surface area contributed by atoms with Gasteiger partial charge in [0.1, 0.15) is 5.75 Å². The molecule has 0 bridgehead atoms. The Kier molecular flexibility index (Phi) is 3.19. The van der Waals surface area contributed by atoms with Crippen molar-refractivity contribution in [1.82, 2.24) is 4.98 Å². The summed E-state index contributed by atoms with van der Waals surface area (Å²) in [5.74, 6) is 0.825. The number of aldehydes is 1. The van der Waals surface area contributed by atoms with Crippen LogP contribution < -0.4 is 4.74 Å². The van der Waals surface area contributed by atoms with Gasteiger partial charge in [-0.1, -0.05) is 6.07 Å². The Morgan fingerprint density at radius 2 is 2.06 bits per heavy atom. The SMILES string of the molecule is COc1ccc(-c2cncc(C=O)c2)c(C)c1. The molecule has 3 nitrogen and oxygen atoms in total. The van der Waals surface area contributed by atoms with Gasteiger partial charge >= 0.3 is 0 Å². The normalized spacial score (nSPS) is 10.0. The van der Waals surface area contributed by atoms with E-state index < -0.39 is 0 Å². The molecule has 0 saturated heterocycles. The number of pyridine rings is 1. The summed E-state index contributed by atoms with van der Waals surface area (Å²) >= 11 is 0. The molecule has 1 heterocycles. The summed E-state index contributed by atoms with van der Waals surface area (Å²) in [5, 5.41) is 0. The average Bonchev–Trinajstić information content (AvgIpc) is 2.38. The molecule has 1 aromatic carbocycles. The van der Waals surface area contributed by atoms with E-state index in [2.05, 4.69) is 4.98 Å². The van der Waals surface area contributed by atoms with Crippen LogP contribution in [-0.2, 0) is 0 Å². The van der Waals surface area contributed by atoms with Crippen LogP contribution in [0.1, 0.15) is 15.9 Å². The van der Waals surface area contributed by atoms with Crippen LogP contribution in [0, 0.1) is 6.92 Å². The molecule has 0 radical (unpaired) electrons. The van der Waals surface area contributed by atoms with Gasteiger partial charge in [-0.2, -0.15) is 0 Å². The number of nitrogens with zero attached hydrogens (tertiary/aromatic N) is 1. The highest BCUT2D eigenvalue weighted by Crippen LogP contribution is 2.26. The number of ether oxygens (including phenoxy) is 1. The van der Waals surface area contributed by atoms with Crippen molar-refractivity contribution in [2.24, 2.45) is 0 Å². The summed E-state index contributed by atoms with van der Waals surface area (Å²) in [4.78, 5) is 14.8. The lowest BCUT2D eigenvalue weighted by atomic mass is 10.0. The standard InChI is InChI=1S/C14H13NO2/c1-10-5-13(17-2)3-4-14(10)12-6-11(9-16)7-15-8-12/h3-9H,1-2H3. The molecule has 0 aliphatic heterocycles. The molecule has 0 atom stereocenters. The highest BCUT2D eigenvalue weighted by atomic mass is 16.5. The van der Waals surface area contributed by atoms with E-state index in [0.29, 0.717) is 5.56 Å². The topological polar surface area (TPSA) is 39.2 Å². The Labute approximate surface area is 100 Å². The van der Waals surface area contributed by atoms with Gasteiger partial charge < -0.3 is 4.74 Å². The first-order valence-corrected chi connectivity index (χ1v) is 5.30.